The predicted molar refractivity (Wildman–Crippen MR) is 75.9 cm³/mol. The summed E-state index contributed by atoms with van der Waals surface area (Å²) in [5.41, 5.74) is 0. The molecule has 102 valence electrons. The minimum Gasteiger partial charge on any atom is -0.396 e. The average molecular weight is 268 g/mol. The molecule has 2 N–H and O–H groups in total. The van der Waals surface area contributed by atoms with Gasteiger partial charge in [-0.3, -0.25) is 0 Å². The molecule has 0 saturated heterocycles. The SMILES string of the molecule is CCC(CCO)NCc1cnc(C2CCCC2)s1. The van der Waals surface area contributed by atoms with Gasteiger partial charge in [0.2, 0.25) is 0 Å². The maximum atomic E-state index is 8.96. The fourth-order valence-electron chi connectivity index (χ4n) is 2.62. The van der Waals surface area contributed by atoms with Crippen LogP contribution in [0.15, 0.2) is 6.20 Å². The number of hydrogen-bond donors (Lipinski definition) is 2. The van der Waals surface area contributed by atoms with Gasteiger partial charge in [0.15, 0.2) is 0 Å². The van der Waals surface area contributed by atoms with E-state index in [1.54, 1.807) is 0 Å². The number of aromatic nitrogens is 1. The van der Waals surface area contributed by atoms with Crippen LogP contribution < -0.4 is 5.32 Å². The van der Waals surface area contributed by atoms with Crippen molar-refractivity contribution in [3.05, 3.63) is 16.1 Å². The molecule has 18 heavy (non-hydrogen) atoms. The fraction of sp³-hybridized carbons (Fsp3) is 0.786. The first-order valence-corrected chi connectivity index (χ1v) is 7.94. The maximum Gasteiger partial charge on any atom is 0.0959 e. The molecule has 2 rings (SSSR count). The van der Waals surface area contributed by atoms with Crippen LogP contribution in [0.1, 0.15) is 61.3 Å². The van der Waals surface area contributed by atoms with E-state index >= 15 is 0 Å². The Morgan fingerprint density at radius 2 is 2.28 bits per heavy atom. The molecule has 0 radical (unpaired) electrons. The maximum absolute atomic E-state index is 8.96. The molecule has 0 aliphatic heterocycles. The smallest absolute Gasteiger partial charge is 0.0959 e. The third-order valence-corrected chi connectivity index (χ3v) is 4.97. The summed E-state index contributed by atoms with van der Waals surface area (Å²) in [5.74, 6) is 0.725. The second-order valence-corrected chi connectivity index (χ2v) is 6.29. The third-order valence-electron chi connectivity index (χ3n) is 3.81. The van der Waals surface area contributed by atoms with Gasteiger partial charge < -0.3 is 10.4 Å². The van der Waals surface area contributed by atoms with Crippen LogP contribution in [0.2, 0.25) is 0 Å². The van der Waals surface area contributed by atoms with Crippen molar-refractivity contribution in [2.75, 3.05) is 6.61 Å². The minimum absolute atomic E-state index is 0.265. The molecule has 1 aromatic rings. The van der Waals surface area contributed by atoms with Gasteiger partial charge in [0.1, 0.15) is 0 Å². The molecule has 0 spiro atoms. The molecule has 4 heteroatoms. The Kier molecular flexibility index (Phi) is 5.60. The molecule has 1 aromatic heterocycles. The number of thiazole rings is 1. The van der Waals surface area contributed by atoms with Gasteiger partial charge in [0.25, 0.3) is 0 Å². The first-order valence-electron chi connectivity index (χ1n) is 7.12. The molecule has 1 unspecified atom stereocenters. The van der Waals surface area contributed by atoms with Crippen molar-refractivity contribution in [1.29, 1.82) is 0 Å². The molecule has 0 aromatic carbocycles. The highest BCUT2D eigenvalue weighted by atomic mass is 32.1. The van der Waals surface area contributed by atoms with Crippen LogP contribution in [-0.2, 0) is 6.54 Å². The summed E-state index contributed by atoms with van der Waals surface area (Å²) in [6, 6.07) is 0.423. The van der Waals surface area contributed by atoms with Gasteiger partial charge in [-0.05, 0) is 25.7 Å². The number of hydrogen-bond acceptors (Lipinski definition) is 4. The number of nitrogens with zero attached hydrogens (tertiary/aromatic N) is 1. The quantitative estimate of drug-likeness (QED) is 0.799. The molecular formula is C14H24N2OS. The average Bonchev–Trinajstić information content (AvgIpc) is 3.04. The lowest BCUT2D eigenvalue weighted by molar-refractivity contribution is 0.262. The van der Waals surface area contributed by atoms with Crippen molar-refractivity contribution in [1.82, 2.24) is 10.3 Å². The molecule has 0 amide bonds. The number of rotatable bonds is 7. The van der Waals surface area contributed by atoms with Crippen molar-refractivity contribution in [2.45, 2.75) is 64.0 Å². The zero-order chi connectivity index (χ0) is 12.8. The third kappa shape index (κ3) is 3.77. The van der Waals surface area contributed by atoms with Crippen molar-refractivity contribution in [2.24, 2.45) is 0 Å². The van der Waals surface area contributed by atoms with Crippen LogP contribution in [0, 0.1) is 0 Å². The summed E-state index contributed by atoms with van der Waals surface area (Å²) in [7, 11) is 0. The molecule has 1 heterocycles. The molecule has 3 nitrogen and oxygen atoms in total. The van der Waals surface area contributed by atoms with Gasteiger partial charge >= 0.3 is 0 Å². The highest BCUT2D eigenvalue weighted by Gasteiger charge is 2.20. The Labute approximate surface area is 114 Å². The number of nitrogens with one attached hydrogen (secondary N) is 1. The molecule has 1 atom stereocenters. The standard InChI is InChI=1S/C14H24N2OS/c1-2-12(7-8-17)15-9-13-10-16-14(18-13)11-5-3-4-6-11/h10-12,15,17H,2-9H2,1H3. The van der Waals surface area contributed by atoms with Gasteiger partial charge in [0, 0.05) is 36.2 Å². The first-order chi connectivity index (χ1) is 8.83. The topological polar surface area (TPSA) is 45.1 Å². The normalized spacial score (nSPS) is 18.3. The van der Waals surface area contributed by atoms with Crippen LogP contribution >= 0.6 is 11.3 Å². The van der Waals surface area contributed by atoms with Crippen molar-refractivity contribution in [3.63, 3.8) is 0 Å². The van der Waals surface area contributed by atoms with Crippen LogP contribution in [-0.4, -0.2) is 22.7 Å². The fourth-order valence-corrected chi connectivity index (χ4v) is 3.65. The second kappa shape index (κ2) is 7.22. The summed E-state index contributed by atoms with van der Waals surface area (Å²) in [5, 5.41) is 13.8. The van der Waals surface area contributed by atoms with Gasteiger partial charge in [-0.1, -0.05) is 19.8 Å². The Morgan fingerprint density at radius 3 is 2.94 bits per heavy atom. The van der Waals surface area contributed by atoms with E-state index in [4.69, 9.17) is 5.11 Å². The lowest BCUT2D eigenvalue weighted by atomic mass is 10.1. The van der Waals surface area contributed by atoms with E-state index in [0.717, 1.165) is 25.3 Å². The van der Waals surface area contributed by atoms with E-state index in [0.29, 0.717) is 6.04 Å². The summed E-state index contributed by atoms with van der Waals surface area (Å²) in [6.07, 6.45) is 9.31. The van der Waals surface area contributed by atoms with Crippen molar-refractivity contribution >= 4 is 11.3 Å². The lowest BCUT2D eigenvalue weighted by Crippen LogP contribution is -2.28. The molecule has 1 aliphatic rings. The largest absolute Gasteiger partial charge is 0.396 e. The summed E-state index contributed by atoms with van der Waals surface area (Å²) >= 11 is 1.86. The molecular weight excluding hydrogens is 244 g/mol. The van der Waals surface area contributed by atoms with Crippen LogP contribution in [0.4, 0.5) is 0 Å². The zero-order valence-electron chi connectivity index (χ0n) is 11.2. The Morgan fingerprint density at radius 1 is 1.50 bits per heavy atom. The number of aliphatic hydroxyl groups is 1. The summed E-state index contributed by atoms with van der Waals surface area (Å²) < 4.78 is 0. The van der Waals surface area contributed by atoms with Crippen LogP contribution in [0.5, 0.6) is 0 Å². The van der Waals surface area contributed by atoms with E-state index in [2.05, 4.69) is 17.2 Å². The van der Waals surface area contributed by atoms with Crippen molar-refractivity contribution < 1.29 is 5.11 Å². The summed E-state index contributed by atoms with van der Waals surface area (Å²) in [6.45, 7) is 3.31. The highest BCUT2D eigenvalue weighted by molar-refractivity contribution is 7.11. The van der Waals surface area contributed by atoms with Crippen LogP contribution in [0.25, 0.3) is 0 Å². The van der Waals surface area contributed by atoms with Gasteiger partial charge in [-0.15, -0.1) is 11.3 Å². The van der Waals surface area contributed by atoms with E-state index in [9.17, 15) is 0 Å². The molecule has 0 bridgehead atoms. The second-order valence-electron chi connectivity index (χ2n) is 5.14. The molecule has 1 saturated carbocycles. The lowest BCUT2D eigenvalue weighted by Gasteiger charge is -2.14. The molecule has 1 aliphatic carbocycles. The monoisotopic (exact) mass is 268 g/mol. The van der Waals surface area contributed by atoms with Gasteiger partial charge in [0.05, 0.1) is 5.01 Å². The van der Waals surface area contributed by atoms with E-state index < -0.39 is 0 Å². The van der Waals surface area contributed by atoms with E-state index in [1.807, 2.05) is 17.5 Å². The Balaban J connectivity index is 1.82. The Bertz CT molecular complexity index is 347. The molecule has 1 fully saturated rings. The van der Waals surface area contributed by atoms with E-state index in [-0.39, 0.29) is 6.61 Å². The van der Waals surface area contributed by atoms with Crippen molar-refractivity contribution in [3.8, 4) is 0 Å². The highest BCUT2D eigenvalue weighted by Crippen LogP contribution is 2.35. The predicted octanol–water partition coefficient (Wildman–Crippen LogP) is 3.05. The van der Waals surface area contributed by atoms with Gasteiger partial charge in [-0.2, -0.15) is 0 Å². The van der Waals surface area contributed by atoms with E-state index in [1.165, 1.54) is 35.6 Å². The van der Waals surface area contributed by atoms with Gasteiger partial charge in [-0.25, -0.2) is 4.98 Å². The zero-order valence-corrected chi connectivity index (χ0v) is 12.0. The first kappa shape index (κ1) is 14.0. The Hall–Kier alpha value is -0.450. The number of aliphatic hydroxyl groups excluding tert-OH is 1. The minimum atomic E-state index is 0.265. The summed E-state index contributed by atoms with van der Waals surface area (Å²) in [4.78, 5) is 5.90. The van der Waals surface area contributed by atoms with Crippen LogP contribution in [0.3, 0.4) is 0 Å².